The normalized spacial score (nSPS) is 12.5. The molecular weight excluding hydrogens is 395 g/mol. The number of carbonyl (C=O) groups excluding carboxylic acids is 1. The van der Waals surface area contributed by atoms with Gasteiger partial charge in [0.05, 0.1) is 5.56 Å². The Bertz CT molecular complexity index is 766. The van der Waals surface area contributed by atoms with Crippen LogP contribution in [0.3, 0.4) is 0 Å². The standard InChI is InChI=1S/C20H21ClF3NO3/c1-14(11-15-3-2-4-16(12-15)20(22,23)24)25-9-10-27-19(26)13-28-18-7-5-17(21)6-8-18/h2-8,12,14,25H,9-11,13H2,1H3. The quantitative estimate of drug-likeness (QED) is 0.484. The summed E-state index contributed by atoms with van der Waals surface area (Å²) in [4.78, 5) is 11.6. The van der Waals surface area contributed by atoms with Crippen molar-refractivity contribution in [3.8, 4) is 5.75 Å². The minimum absolute atomic E-state index is 0.0764. The zero-order valence-corrected chi connectivity index (χ0v) is 16.0. The van der Waals surface area contributed by atoms with E-state index < -0.39 is 17.7 Å². The summed E-state index contributed by atoms with van der Waals surface area (Å²) < 4.78 is 48.5. The average molecular weight is 416 g/mol. The molecule has 0 aliphatic carbocycles. The van der Waals surface area contributed by atoms with Crippen molar-refractivity contribution in [2.75, 3.05) is 19.8 Å². The molecule has 0 saturated heterocycles. The maximum Gasteiger partial charge on any atom is 0.416 e. The topological polar surface area (TPSA) is 47.6 Å². The molecule has 0 heterocycles. The molecule has 0 amide bonds. The van der Waals surface area contributed by atoms with E-state index in [0.29, 0.717) is 29.3 Å². The van der Waals surface area contributed by atoms with Gasteiger partial charge in [0.2, 0.25) is 0 Å². The van der Waals surface area contributed by atoms with Gasteiger partial charge in [0.15, 0.2) is 6.61 Å². The molecular formula is C20H21ClF3NO3. The minimum Gasteiger partial charge on any atom is -0.482 e. The lowest BCUT2D eigenvalue weighted by atomic mass is 10.0. The molecule has 2 aromatic carbocycles. The number of benzene rings is 2. The van der Waals surface area contributed by atoms with Crippen LogP contribution in [0.25, 0.3) is 0 Å². The summed E-state index contributed by atoms with van der Waals surface area (Å²) in [6.07, 6.45) is -3.92. The third-order valence-corrected chi connectivity index (χ3v) is 4.08. The Labute approximate surface area is 166 Å². The van der Waals surface area contributed by atoms with Crippen LogP contribution in [0.1, 0.15) is 18.1 Å². The van der Waals surface area contributed by atoms with Crippen LogP contribution in [0.5, 0.6) is 5.75 Å². The molecule has 0 aromatic heterocycles. The Morgan fingerprint density at radius 1 is 1.18 bits per heavy atom. The smallest absolute Gasteiger partial charge is 0.416 e. The first-order valence-corrected chi connectivity index (χ1v) is 9.05. The van der Waals surface area contributed by atoms with E-state index in [1.165, 1.54) is 6.07 Å². The Morgan fingerprint density at radius 3 is 2.57 bits per heavy atom. The van der Waals surface area contributed by atoms with Gasteiger partial charge in [0.1, 0.15) is 12.4 Å². The largest absolute Gasteiger partial charge is 0.482 e. The molecule has 0 saturated carbocycles. The molecule has 152 valence electrons. The van der Waals surface area contributed by atoms with Crippen LogP contribution in [-0.4, -0.2) is 31.8 Å². The lowest BCUT2D eigenvalue weighted by Crippen LogP contribution is -2.32. The van der Waals surface area contributed by atoms with Crippen molar-refractivity contribution in [1.29, 1.82) is 0 Å². The van der Waals surface area contributed by atoms with Crippen molar-refractivity contribution in [3.63, 3.8) is 0 Å². The molecule has 0 aliphatic rings. The fourth-order valence-corrected chi connectivity index (χ4v) is 2.61. The number of nitrogens with one attached hydrogen (secondary N) is 1. The van der Waals surface area contributed by atoms with E-state index in [1.54, 1.807) is 30.3 Å². The van der Waals surface area contributed by atoms with Crippen LogP contribution in [0, 0.1) is 0 Å². The molecule has 28 heavy (non-hydrogen) atoms. The second kappa shape index (κ2) is 10.3. The van der Waals surface area contributed by atoms with Gasteiger partial charge < -0.3 is 14.8 Å². The summed E-state index contributed by atoms with van der Waals surface area (Å²) in [6.45, 7) is 2.15. The highest BCUT2D eigenvalue weighted by molar-refractivity contribution is 6.30. The molecule has 8 heteroatoms. The number of halogens is 4. The van der Waals surface area contributed by atoms with Crippen LogP contribution in [-0.2, 0) is 22.1 Å². The van der Waals surface area contributed by atoms with Crippen molar-refractivity contribution >= 4 is 17.6 Å². The Balaban J connectivity index is 1.64. The molecule has 0 spiro atoms. The minimum atomic E-state index is -4.35. The predicted octanol–water partition coefficient (Wildman–Crippen LogP) is 4.50. The first kappa shape index (κ1) is 22.0. The maximum atomic E-state index is 12.7. The van der Waals surface area contributed by atoms with Crippen LogP contribution >= 0.6 is 11.6 Å². The zero-order valence-electron chi connectivity index (χ0n) is 15.3. The van der Waals surface area contributed by atoms with Gasteiger partial charge in [0.25, 0.3) is 0 Å². The van der Waals surface area contributed by atoms with Gasteiger partial charge in [-0.3, -0.25) is 0 Å². The molecule has 1 unspecified atom stereocenters. The van der Waals surface area contributed by atoms with E-state index in [2.05, 4.69) is 5.32 Å². The van der Waals surface area contributed by atoms with Gasteiger partial charge in [-0.1, -0.05) is 29.8 Å². The van der Waals surface area contributed by atoms with Gasteiger partial charge in [-0.2, -0.15) is 13.2 Å². The highest BCUT2D eigenvalue weighted by Gasteiger charge is 2.30. The fraction of sp³-hybridized carbons (Fsp3) is 0.350. The maximum absolute atomic E-state index is 12.7. The second-order valence-corrected chi connectivity index (χ2v) is 6.66. The Hall–Kier alpha value is -2.25. The number of ether oxygens (including phenoxy) is 2. The summed E-state index contributed by atoms with van der Waals surface area (Å²) in [7, 11) is 0. The van der Waals surface area contributed by atoms with E-state index in [4.69, 9.17) is 21.1 Å². The van der Waals surface area contributed by atoms with Crippen molar-refractivity contribution in [2.45, 2.75) is 25.6 Å². The molecule has 4 nitrogen and oxygen atoms in total. The number of carbonyl (C=O) groups is 1. The molecule has 0 bridgehead atoms. The van der Waals surface area contributed by atoms with Crippen molar-refractivity contribution in [1.82, 2.24) is 5.32 Å². The lowest BCUT2D eigenvalue weighted by Gasteiger charge is -2.15. The first-order chi connectivity index (χ1) is 13.2. The van der Waals surface area contributed by atoms with Crippen molar-refractivity contribution in [2.24, 2.45) is 0 Å². The summed E-state index contributed by atoms with van der Waals surface area (Å²) in [5, 5.41) is 3.68. The van der Waals surface area contributed by atoms with E-state index in [0.717, 1.165) is 12.1 Å². The first-order valence-electron chi connectivity index (χ1n) is 8.67. The van der Waals surface area contributed by atoms with Crippen LogP contribution in [0.15, 0.2) is 48.5 Å². The van der Waals surface area contributed by atoms with Crippen molar-refractivity contribution < 1.29 is 27.4 Å². The van der Waals surface area contributed by atoms with Gasteiger partial charge in [-0.15, -0.1) is 0 Å². The molecule has 1 atom stereocenters. The van der Waals surface area contributed by atoms with Crippen LogP contribution in [0.4, 0.5) is 13.2 Å². The average Bonchev–Trinajstić information content (AvgIpc) is 2.64. The van der Waals surface area contributed by atoms with Crippen molar-refractivity contribution in [3.05, 3.63) is 64.7 Å². The van der Waals surface area contributed by atoms with Gasteiger partial charge >= 0.3 is 12.1 Å². The van der Waals surface area contributed by atoms with Gasteiger partial charge in [0, 0.05) is 17.6 Å². The molecule has 2 aromatic rings. The highest BCUT2D eigenvalue weighted by atomic mass is 35.5. The molecule has 0 radical (unpaired) electrons. The Kier molecular flexibility index (Phi) is 8.14. The zero-order chi connectivity index (χ0) is 20.6. The summed E-state index contributed by atoms with van der Waals surface area (Å²) in [5.41, 5.74) is -0.0741. The summed E-state index contributed by atoms with van der Waals surface area (Å²) in [5.74, 6) is -0.00327. The summed E-state index contributed by atoms with van der Waals surface area (Å²) >= 11 is 5.76. The third kappa shape index (κ3) is 7.78. The summed E-state index contributed by atoms with van der Waals surface area (Å²) in [6, 6.07) is 11.8. The Morgan fingerprint density at radius 2 is 1.89 bits per heavy atom. The number of esters is 1. The molecule has 0 aliphatic heterocycles. The second-order valence-electron chi connectivity index (χ2n) is 6.22. The van der Waals surface area contributed by atoms with E-state index in [-0.39, 0.29) is 19.3 Å². The fourth-order valence-electron chi connectivity index (χ4n) is 2.49. The number of hydrogen-bond acceptors (Lipinski definition) is 4. The van der Waals surface area contributed by atoms with Crippen LogP contribution in [0.2, 0.25) is 5.02 Å². The predicted molar refractivity (Wildman–Crippen MR) is 101 cm³/mol. The number of hydrogen-bond donors (Lipinski definition) is 1. The van der Waals surface area contributed by atoms with Crippen LogP contribution < -0.4 is 10.1 Å². The SMILES string of the molecule is CC(Cc1cccc(C(F)(F)F)c1)NCCOC(=O)COc1ccc(Cl)cc1. The monoisotopic (exact) mass is 415 g/mol. The molecule has 0 fully saturated rings. The van der Waals surface area contributed by atoms with E-state index in [9.17, 15) is 18.0 Å². The van der Waals surface area contributed by atoms with Gasteiger partial charge in [-0.05, 0) is 49.2 Å². The van der Waals surface area contributed by atoms with Gasteiger partial charge in [-0.25, -0.2) is 4.79 Å². The van der Waals surface area contributed by atoms with E-state index in [1.807, 2.05) is 6.92 Å². The molecule has 2 rings (SSSR count). The lowest BCUT2D eigenvalue weighted by molar-refractivity contribution is -0.145. The molecule has 1 N–H and O–H groups in total. The number of alkyl halides is 3. The van der Waals surface area contributed by atoms with E-state index >= 15 is 0 Å². The third-order valence-electron chi connectivity index (χ3n) is 3.82. The highest BCUT2D eigenvalue weighted by Crippen LogP contribution is 2.29. The number of rotatable bonds is 9.